The maximum atomic E-state index is 5.10. The zero-order chi connectivity index (χ0) is 10.1. The maximum Gasteiger partial charge on any atom is 0.0981 e. The Balaban J connectivity index is 2.36. The molecule has 0 fully saturated rings. The molecule has 72 valence electrons. The van der Waals surface area contributed by atoms with Crippen molar-refractivity contribution in [3.63, 3.8) is 0 Å². The van der Waals surface area contributed by atoms with Crippen molar-refractivity contribution in [1.82, 2.24) is 4.98 Å². The number of hydrogen-bond donors (Lipinski definition) is 0. The Kier molecular flexibility index (Phi) is 1.78. The van der Waals surface area contributed by atoms with E-state index in [1.54, 1.807) is 12.5 Å². The average Bonchev–Trinajstić information content (AvgIpc) is 2.82. The van der Waals surface area contributed by atoms with Gasteiger partial charge in [0, 0.05) is 23.3 Å². The normalized spacial score (nSPS) is 10.7. The van der Waals surface area contributed by atoms with Crippen LogP contribution in [0.15, 0.2) is 59.7 Å². The van der Waals surface area contributed by atoms with Crippen molar-refractivity contribution in [1.29, 1.82) is 0 Å². The molecule has 0 aliphatic rings. The number of rotatable bonds is 1. The second-order valence-electron chi connectivity index (χ2n) is 3.41. The first-order valence-corrected chi connectivity index (χ1v) is 4.80. The van der Waals surface area contributed by atoms with Gasteiger partial charge in [0.25, 0.3) is 0 Å². The minimum atomic E-state index is 1.10. The molecule has 2 heterocycles. The van der Waals surface area contributed by atoms with Crippen LogP contribution >= 0.6 is 0 Å². The van der Waals surface area contributed by atoms with Crippen molar-refractivity contribution in [2.45, 2.75) is 0 Å². The van der Waals surface area contributed by atoms with Gasteiger partial charge in [-0.3, -0.25) is 4.98 Å². The van der Waals surface area contributed by atoms with Crippen LogP contribution in [0.1, 0.15) is 0 Å². The Bertz CT molecular complexity index is 579. The van der Waals surface area contributed by atoms with Gasteiger partial charge in [-0.05, 0) is 23.1 Å². The fraction of sp³-hybridized carbons (Fsp3) is 0. The number of nitrogens with zero attached hydrogens (tertiary/aromatic N) is 1. The molecule has 0 aliphatic carbocycles. The predicted octanol–water partition coefficient (Wildman–Crippen LogP) is 3.49. The van der Waals surface area contributed by atoms with Crippen LogP contribution in [0.4, 0.5) is 0 Å². The Morgan fingerprint density at radius 1 is 1.07 bits per heavy atom. The zero-order valence-corrected chi connectivity index (χ0v) is 8.05. The lowest BCUT2D eigenvalue weighted by Crippen LogP contribution is -1.79. The second-order valence-corrected chi connectivity index (χ2v) is 3.41. The van der Waals surface area contributed by atoms with Gasteiger partial charge >= 0.3 is 0 Å². The quantitative estimate of drug-likeness (QED) is 0.594. The maximum absolute atomic E-state index is 5.10. The summed E-state index contributed by atoms with van der Waals surface area (Å²) in [5.41, 5.74) is 2.29. The fourth-order valence-corrected chi connectivity index (χ4v) is 1.79. The summed E-state index contributed by atoms with van der Waals surface area (Å²) in [6, 6.07) is 10.2. The Labute approximate surface area is 87.2 Å². The highest BCUT2D eigenvalue weighted by atomic mass is 16.3. The molecule has 0 atom stereocenters. The van der Waals surface area contributed by atoms with E-state index in [1.807, 2.05) is 30.6 Å². The van der Waals surface area contributed by atoms with Crippen LogP contribution in [0.3, 0.4) is 0 Å². The lowest BCUT2D eigenvalue weighted by molar-refractivity contribution is 0.568. The second kappa shape index (κ2) is 3.24. The topological polar surface area (TPSA) is 26.0 Å². The minimum Gasteiger partial charge on any atom is -0.472 e. The molecule has 1 aromatic carbocycles. The SMILES string of the molecule is c1cc(-c2ccoc2)c2ccncc2c1. The van der Waals surface area contributed by atoms with E-state index in [9.17, 15) is 0 Å². The van der Waals surface area contributed by atoms with Crippen molar-refractivity contribution >= 4 is 10.8 Å². The molecule has 3 aromatic rings. The smallest absolute Gasteiger partial charge is 0.0981 e. The van der Waals surface area contributed by atoms with Crippen LogP contribution in [0, 0.1) is 0 Å². The molecule has 0 unspecified atom stereocenters. The van der Waals surface area contributed by atoms with E-state index in [4.69, 9.17) is 4.42 Å². The fourth-order valence-electron chi connectivity index (χ4n) is 1.79. The predicted molar refractivity (Wildman–Crippen MR) is 59.4 cm³/mol. The van der Waals surface area contributed by atoms with Crippen LogP contribution in [0.25, 0.3) is 21.9 Å². The van der Waals surface area contributed by atoms with E-state index >= 15 is 0 Å². The molecule has 0 saturated carbocycles. The molecule has 2 nitrogen and oxygen atoms in total. The highest BCUT2D eigenvalue weighted by Gasteiger charge is 2.03. The average molecular weight is 195 g/mol. The first-order chi connectivity index (χ1) is 7.45. The number of furan rings is 1. The number of fused-ring (bicyclic) bond motifs is 1. The van der Waals surface area contributed by atoms with Gasteiger partial charge in [0.1, 0.15) is 0 Å². The number of hydrogen-bond acceptors (Lipinski definition) is 2. The summed E-state index contributed by atoms with van der Waals surface area (Å²) in [5.74, 6) is 0. The van der Waals surface area contributed by atoms with Crippen molar-refractivity contribution < 1.29 is 4.42 Å². The molecule has 0 saturated heterocycles. The lowest BCUT2D eigenvalue weighted by Gasteiger charge is -2.02. The first-order valence-electron chi connectivity index (χ1n) is 4.80. The number of pyridine rings is 1. The molecule has 3 rings (SSSR count). The Morgan fingerprint density at radius 3 is 2.93 bits per heavy atom. The molecular formula is C13H9NO. The molecule has 0 bridgehead atoms. The highest BCUT2D eigenvalue weighted by molar-refractivity contribution is 5.95. The molecule has 0 N–H and O–H groups in total. The summed E-state index contributed by atoms with van der Waals surface area (Å²) in [7, 11) is 0. The monoisotopic (exact) mass is 195 g/mol. The summed E-state index contributed by atoms with van der Waals surface area (Å²) in [6.45, 7) is 0. The summed E-state index contributed by atoms with van der Waals surface area (Å²) in [6.07, 6.45) is 7.13. The summed E-state index contributed by atoms with van der Waals surface area (Å²) >= 11 is 0. The van der Waals surface area contributed by atoms with Crippen molar-refractivity contribution in [2.24, 2.45) is 0 Å². The van der Waals surface area contributed by atoms with Crippen LogP contribution < -0.4 is 0 Å². The standard InChI is InChI=1S/C13H9NO/c1-2-10-8-14-6-4-13(10)12(3-1)11-5-7-15-9-11/h1-9H. The number of benzene rings is 1. The molecule has 2 aromatic heterocycles. The van der Waals surface area contributed by atoms with Gasteiger partial charge in [0.2, 0.25) is 0 Å². The van der Waals surface area contributed by atoms with Gasteiger partial charge in [-0.15, -0.1) is 0 Å². The number of aromatic nitrogens is 1. The molecule has 0 spiro atoms. The Morgan fingerprint density at radius 2 is 2.07 bits per heavy atom. The van der Waals surface area contributed by atoms with Crippen molar-refractivity contribution in [2.75, 3.05) is 0 Å². The van der Waals surface area contributed by atoms with Gasteiger partial charge in [-0.25, -0.2) is 0 Å². The summed E-state index contributed by atoms with van der Waals surface area (Å²) in [4.78, 5) is 4.11. The third-order valence-corrected chi connectivity index (χ3v) is 2.51. The van der Waals surface area contributed by atoms with Gasteiger partial charge < -0.3 is 4.42 Å². The molecular weight excluding hydrogens is 186 g/mol. The third kappa shape index (κ3) is 1.31. The molecule has 15 heavy (non-hydrogen) atoms. The van der Waals surface area contributed by atoms with Crippen LogP contribution in [0.2, 0.25) is 0 Å². The van der Waals surface area contributed by atoms with Crippen LogP contribution in [-0.4, -0.2) is 4.98 Å². The van der Waals surface area contributed by atoms with E-state index in [-0.39, 0.29) is 0 Å². The largest absolute Gasteiger partial charge is 0.472 e. The van der Waals surface area contributed by atoms with E-state index in [1.165, 1.54) is 10.9 Å². The first kappa shape index (κ1) is 8.24. The molecule has 0 radical (unpaired) electrons. The highest BCUT2D eigenvalue weighted by Crippen LogP contribution is 2.27. The van der Waals surface area contributed by atoms with Crippen molar-refractivity contribution in [3.05, 3.63) is 55.3 Å². The van der Waals surface area contributed by atoms with Crippen LogP contribution in [0.5, 0.6) is 0 Å². The van der Waals surface area contributed by atoms with Gasteiger partial charge in [0.05, 0.1) is 12.5 Å². The van der Waals surface area contributed by atoms with E-state index in [2.05, 4.69) is 17.1 Å². The Hall–Kier alpha value is -2.09. The molecule has 2 heteroatoms. The molecule has 0 amide bonds. The summed E-state index contributed by atoms with van der Waals surface area (Å²) < 4.78 is 5.10. The zero-order valence-electron chi connectivity index (χ0n) is 8.05. The van der Waals surface area contributed by atoms with E-state index in [0.717, 1.165) is 10.9 Å². The van der Waals surface area contributed by atoms with Gasteiger partial charge in [-0.1, -0.05) is 18.2 Å². The lowest BCUT2D eigenvalue weighted by atomic mass is 10.0. The molecule has 0 aliphatic heterocycles. The minimum absolute atomic E-state index is 1.10. The summed E-state index contributed by atoms with van der Waals surface area (Å²) in [5, 5.41) is 2.35. The van der Waals surface area contributed by atoms with Crippen LogP contribution in [-0.2, 0) is 0 Å². The van der Waals surface area contributed by atoms with Gasteiger partial charge in [0.15, 0.2) is 0 Å². The van der Waals surface area contributed by atoms with Crippen molar-refractivity contribution in [3.8, 4) is 11.1 Å². The third-order valence-electron chi connectivity index (χ3n) is 2.51. The van der Waals surface area contributed by atoms with E-state index < -0.39 is 0 Å². The van der Waals surface area contributed by atoms with Gasteiger partial charge in [-0.2, -0.15) is 0 Å². The van der Waals surface area contributed by atoms with E-state index in [0.29, 0.717) is 0 Å².